The molecule has 0 amide bonds. The zero-order valence-electron chi connectivity index (χ0n) is 8.36. The molecule has 0 atom stereocenters. The van der Waals surface area contributed by atoms with E-state index in [-0.39, 0.29) is 5.92 Å². The maximum Gasteiger partial charge on any atom is 0.0638 e. The third-order valence-corrected chi connectivity index (χ3v) is 2.42. The van der Waals surface area contributed by atoms with Crippen molar-refractivity contribution in [1.82, 2.24) is 5.53 Å². The molecule has 0 saturated heterocycles. The molecule has 14 heavy (non-hydrogen) atoms. The molecule has 2 rings (SSSR count). The standard InChI is InChI=1S/C11H13N3/c1-8-11(9(2)13-14-12-8)10-6-4-3-5-7-10/h3-7,11,14H,1-2H3. The molecule has 0 unspecified atom stereocenters. The first kappa shape index (κ1) is 8.94. The summed E-state index contributed by atoms with van der Waals surface area (Å²) in [4.78, 5) is 0. The molecule has 1 aliphatic rings. The number of rotatable bonds is 1. The zero-order chi connectivity index (χ0) is 9.97. The Morgan fingerprint density at radius 1 is 1.00 bits per heavy atom. The molecule has 1 aliphatic heterocycles. The highest BCUT2D eigenvalue weighted by atomic mass is 15.5. The van der Waals surface area contributed by atoms with E-state index >= 15 is 0 Å². The summed E-state index contributed by atoms with van der Waals surface area (Å²) in [5, 5.41) is 8.23. The van der Waals surface area contributed by atoms with Gasteiger partial charge in [0.1, 0.15) is 0 Å². The fourth-order valence-electron chi connectivity index (χ4n) is 1.74. The molecule has 0 bridgehead atoms. The molecule has 1 heterocycles. The Bertz CT molecular complexity index is 361. The van der Waals surface area contributed by atoms with E-state index in [4.69, 9.17) is 0 Å². The van der Waals surface area contributed by atoms with Crippen LogP contribution in [0.5, 0.6) is 0 Å². The van der Waals surface area contributed by atoms with Gasteiger partial charge in [0.05, 0.1) is 5.92 Å². The van der Waals surface area contributed by atoms with Crippen LogP contribution in [0, 0.1) is 0 Å². The van der Waals surface area contributed by atoms with Crippen molar-refractivity contribution < 1.29 is 0 Å². The third kappa shape index (κ3) is 1.53. The minimum Gasteiger partial charge on any atom is -0.198 e. The Balaban J connectivity index is 2.38. The topological polar surface area (TPSA) is 36.8 Å². The van der Waals surface area contributed by atoms with Gasteiger partial charge in [0.15, 0.2) is 0 Å². The zero-order valence-corrected chi connectivity index (χ0v) is 8.36. The Kier molecular flexibility index (Phi) is 2.31. The molecule has 0 saturated carbocycles. The molecule has 1 aromatic carbocycles. The van der Waals surface area contributed by atoms with E-state index in [1.165, 1.54) is 5.56 Å². The Morgan fingerprint density at radius 2 is 1.57 bits per heavy atom. The molecule has 0 spiro atoms. The van der Waals surface area contributed by atoms with Gasteiger partial charge in [-0.05, 0) is 19.4 Å². The van der Waals surface area contributed by atoms with E-state index < -0.39 is 0 Å². The van der Waals surface area contributed by atoms with Gasteiger partial charge in [-0.3, -0.25) is 0 Å². The quantitative estimate of drug-likeness (QED) is 0.718. The van der Waals surface area contributed by atoms with Gasteiger partial charge in [0.2, 0.25) is 0 Å². The first-order valence-electron chi connectivity index (χ1n) is 4.67. The van der Waals surface area contributed by atoms with Crippen LogP contribution in [0.1, 0.15) is 25.3 Å². The number of nitrogens with zero attached hydrogens (tertiary/aromatic N) is 2. The van der Waals surface area contributed by atoms with Crippen molar-refractivity contribution in [2.45, 2.75) is 19.8 Å². The van der Waals surface area contributed by atoms with Gasteiger partial charge in [0, 0.05) is 11.4 Å². The van der Waals surface area contributed by atoms with Gasteiger partial charge in [0.25, 0.3) is 0 Å². The SMILES string of the molecule is CC1=NNN=C(C)C1c1ccccc1. The average molecular weight is 187 g/mol. The minimum absolute atomic E-state index is 0.234. The van der Waals surface area contributed by atoms with Crippen LogP contribution in [0.15, 0.2) is 40.5 Å². The molecule has 0 aliphatic carbocycles. The minimum atomic E-state index is 0.234. The maximum atomic E-state index is 4.12. The Morgan fingerprint density at radius 3 is 2.14 bits per heavy atom. The predicted molar refractivity (Wildman–Crippen MR) is 58.5 cm³/mol. The summed E-state index contributed by atoms with van der Waals surface area (Å²) in [5.74, 6) is 0.234. The van der Waals surface area contributed by atoms with E-state index in [0.29, 0.717) is 0 Å². The summed E-state index contributed by atoms with van der Waals surface area (Å²) in [6, 6.07) is 10.3. The predicted octanol–water partition coefficient (Wildman–Crippen LogP) is 2.13. The van der Waals surface area contributed by atoms with Crippen molar-refractivity contribution in [3.8, 4) is 0 Å². The first-order valence-corrected chi connectivity index (χ1v) is 4.67. The summed E-state index contributed by atoms with van der Waals surface area (Å²) in [6.07, 6.45) is 0. The van der Waals surface area contributed by atoms with E-state index in [1.807, 2.05) is 32.0 Å². The largest absolute Gasteiger partial charge is 0.198 e. The van der Waals surface area contributed by atoms with Crippen molar-refractivity contribution >= 4 is 11.4 Å². The van der Waals surface area contributed by atoms with Crippen molar-refractivity contribution in [1.29, 1.82) is 0 Å². The van der Waals surface area contributed by atoms with Gasteiger partial charge < -0.3 is 0 Å². The molecule has 0 fully saturated rings. The summed E-state index contributed by atoms with van der Waals surface area (Å²) >= 11 is 0. The first-order chi connectivity index (χ1) is 6.79. The molecule has 0 aromatic heterocycles. The average Bonchev–Trinajstić information content (AvgIpc) is 2.19. The van der Waals surface area contributed by atoms with Crippen LogP contribution in [0.4, 0.5) is 0 Å². The molecule has 1 aromatic rings. The second-order valence-electron chi connectivity index (χ2n) is 3.45. The third-order valence-electron chi connectivity index (χ3n) is 2.42. The molecular formula is C11H13N3. The summed E-state index contributed by atoms with van der Waals surface area (Å²) in [5.41, 5.74) is 6.02. The lowest BCUT2D eigenvalue weighted by atomic mass is 9.91. The lowest BCUT2D eigenvalue weighted by Gasteiger charge is -2.20. The van der Waals surface area contributed by atoms with Crippen LogP contribution in [-0.4, -0.2) is 11.4 Å². The summed E-state index contributed by atoms with van der Waals surface area (Å²) in [7, 11) is 0. The Labute approximate surface area is 83.5 Å². The molecule has 3 nitrogen and oxygen atoms in total. The van der Waals surface area contributed by atoms with E-state index in [9.17, 15) is 0 Å². The Hall–Kier alpha value is -1.64. The van der Waals surface area contributed by atoms with Crippen molar-refractivity contribution in [3.63, 3.8) is 0 Å². The molecule has 0 radical (unpaired) electrons. The fraction of sp³-hybridized carbons (Fsp3) is 0.273. The highest BCUT2D eigenvalue weighted by Gasteiger charge is 2.20. The van der Waals surface area contributed by atoms with E-state index in [2.05, 4.69) is 27.9 Å². The summed E-state index contributed by atoms with van der Waals surface area (Å²) in [6.45, 7) is 4.03. The van der Waals surface area contributed by atoms with Crippen LogP contribution < -0.4 is 5.53 Å². The van der Waals surface area contributed by atoms with Crippen LogP contribution in [-0.2, 0) is 0 Å². The molecular weight excluding hydrogens is 174 g/mol. The molecule has 1 N–H and O–H groups in total. The summed E-state index contributed by atoms with van der Waals surface area (Å²) < 4.78 is 0. The second kappa shape index (κ2) is 3.62. The number of nitrogens with one attached hydrogen (secondary N) is 1. The smallest absolute Gasteiger partial charge is 0.0638 e. The molecule has 3 heteroatoms. The normalized spacial score (nSPS) is 17.0. The van der Waals surface area contributed by atoms with Crippen LogP contribution in [0.2, 0.25) is 0 Å². The lowest BCUT2D eigenvalue weighted by Crippen LogP contribution is -2.25. The van der Waals surface area contributed by atoms with Gasteiger partial charge in [-0.15, -0.1) is 0 Å². The monoisotopic (exact) mass is 187 g/mol. The number of hydrogen-bond donors (Lipinski definition) is 1. The van der Waals surface area contributed by atoms with Crippen molar-refractivity contribution in [2.24, 2.45) is 10.2 Å². The van der Waals surface area contributed by atoms with Gasteiger partial charge >= 0.3 is 0 Å². The van der Waals surface area contributed by atoms with Crippen molar-refractivity contribution in [3.05, 3.63) is 35.9 Å². The van der Waals surface area contributed by atoms with E-state index in [0.717, 1.165) is 11.4 Å². The van der Waals surface area contributed by atoms with Crippen LogP contribution in [0.3, 0.4) is 0 Å². The second-order valence-corrected chi connectivity index (χ2v) is 3.45. The number of hydrazone groups is 2. The van der Waals surface area contributed by atoms with E-state index in [1.54, 1.807) is 0 Å². The van der Waals surface area contributed by atoms with Gasteiger partial charge in [-0.2, -0.15) is 15.7 Å². The van der Waals surface area contributed by atoms with Gasteiger partial charge in [-0.1, -0.05) is 30.3 Å². The van der Waals surface area contributed by atoms with Crippen LogP contribution in [0.25, 0.3) is 0 Å². The highest BCUT2D eigenvalue weighted by Crippen LogP contribution is 2.20. The fourth-order valence-corrected chi connectivity index (χ4v) is 1.74. The number of hydrogen-bond acceptors (Lipinski definition) is 3. The lowest BCUT2D eigenvalue weighted by molar-refractivity contribution is 0.772. The van der Waals surface area contributed by atoms with Crippen molar-refractivity contribution in [2.75, 3.05) is 0 Å². The maximum absolute atomic E-state index is 4.12. The number of benzene rings is 1. The van der Waals surface area contributed by atoms with Crippen LogP contribution >= 0.6 is 0 Å². The van der Waals surface area contributed by atoms with Gasteiger partial charge in [-0.25, -0.2) is 0 Å². The molecule has 72 valence electrons. The highest BCUT2D eigenvalue weighted by molar-refractivity contribution is 6.11.